The minimum atomic E-state index is -0.509. The summed E-state index contributed by atoms with van der Waals surface area (Å²) in [4.78, 5) is 25.4. The molecule has 0 bridgehead atoms. The standard InChI is InChI=1S/C24H23N3O2S/c1-2-25-22(28)19-15-9-10-16-20(19)26-24(30)27-23(29)21(17-11-5-3-6-12-17)18-13-7-4-8-14-18/h3-16,21H,2H2,1H3,(H,25,28)(H2,26,27,29,30). The van der Waals surface area contributed by atoms with Crippen LogP contribution in [0.4, 0.5) is 5.69 Å². The monoisotopic (exact) mass is 417 g/mol. The fraction of sp³-hybridized carbons (Fsp3) is 0.125. The van der Waals surface area contributed by atoms with Crippen LogP contribution in [0, 0.1) is 0 Å². The highest BCUT2D eigenvalue weighted by atomic mass is 32.1. The Bertz CT molecular complexity index is 983. The number of para-hydroxylation sites is 1. The van der Waals surface area contributed by atoms with Gasteiger partial charge < -0.3 is 16.0 Å². The summed E-state index contributed by atoms with van der Waals surface area (Å²) in [6, 6.07) is 26.1. The Labute approximate surface area is 181 Å². The number of hydrogen-bond acceptors (Lipinski definition) is 3. The second-order valence-corrected chi connectivity index (χ2v) is 7.01. The Kier molecular flexibility index (Phi) is 7.29. The summed E-state index contributed by atoms with van der Waals surface area (Å²) >= 11 is 5.37. The predicted octanol–water partition coefficient (Wildman–Crippen LogP) is 4.08. The summed E-state index contributed by atoms with van der Waals surface area (Å²) < 4.78 is 0. The number of carbonyl (C=O) groups is 2. The van der Waals surface area contributed by atoms with Crippen LogP contribution in [0.5, 0.6) is 0 Å². The third kappa shape index (κ3) is 5.30. The largest absolute Gasteiger partial charge is 0.352 e. The lowest BCUT2D eigenvalue weighted by Gasteiger charge is -2.19. The molecule has 30 heavy (non-hydrogen) atoms. The van der Waals surface area contributed by atoms with Gasteiger partial charge in [0.25, 0.3) is 5.91 Å². The van der Waals surface area contributed by atoms with E-state index in [1.807, 2.05) is 67.6 Å². The average Bonchev–Trinajstić information content (AvgIpc) is 2.76. The smallest absolute Gasteiger partial charge is 0.253 e. The van der Waals surface area contributed by atoms with E-state index in [1.165, 1.54) is 0 Å². The van der Waals surface area contributed by atoms with Crippen LogP contribution >= 0.6 is 12.2 Å². The molecule has 0 aromatic heterocycles. The Morgan fingerprint density at radius 1 is 0.833 bits per heavy atom. The average molecular weight is 418 g/mol. The van der Waals surface area contributed by atoms with Gasteiger partial charge in [-0.2, -0.15) is 0 Å². The van der Waals surface area contributed by atoms with E-state index in [2.05, 4.69) is 16.0 Å². The zero-order valence-electron chi connectivity index (χ0n) is 16.6. The second-order valence-electron chi connectivity index (χ2n) is 6.60. The highest BCUT2D eigenvalue weighted by molar-refractivity contribution is 7.80. The molecule has 3 rings (SSSR count). The van der Waals surface area contributed by atoms with E-state index in [1.54, 1.807) is 24.3 Å². The van der Waals surface area contributed by atoms with Crippen molar-refractivity contribution in [2.75, 3.05) is 11.9 Å². The summed E-state index contributed by atoms with van der Waals surface area (Å²) in [5.41, 5.74) is 2.72. The molecule has 5 nitrogen and oxygen atoms in total. The molecule has 0 aliphatic rings. The molecule has 6 heteroatoms. The van der Waals surface area contributed by atoms with Gasteiger partial charge >= 0.3 is 0 Å². The Morgan fingerprint density at radius 2 is 1.37 bits per heavy atom. The molecule has 0 aliphatic heterocycles. The van der Waals surface area contributed by atoms with Crippen LogP contribution in [0.25, 0.3) is 0 Å². The summed E-state index contributed by atoms with van der Waals surface area (Å²) in [5.74, 6) is -0.965. The number of benzene rings is 3. The summed E-state index contributed by atoms with van der Waals surface area (Å²) in [6.45, 7) is 2.37. The van der Waals surface area contributed by atoms with Crippen molar-refractivity contribution in [2.45, 2.75) is 12.8 Å². The topological polar surface area (TPSA) is 70.2 Å². The van der Waals surface area contributed by atoms with E-state index in [0.717, 1.165) is 11.1 Å². The molecule has 3 N–H and O–H groups in total. The molecule has 0 spiro atoms. The van der Waals surface area contributed by atoms with Crippen LogP contribution in [0.3, 0.4) is 0 Å². The Hall–Kier alpha value is -3.51. The first-order valence-corrected chi connectivity index (χ1v) is 10.1. The molecule has 0 radical (unpaired) electrons. The van der Waals surface area contributed by atoms with Crippen LogP contribution in [0.1, 0.15) is 34.3 Å². The van der Waals surface area contributed by atoms with Gasteiger partial charge in [-0.3, -0.25) is 9.59 Å². The van der Waals surface area contributed by atoms with Crippen LogP contribution in [0.15, 0.2) is 84.9 Å². The van der Waals surface area contributed by atoms with Crippen molar-refractivity contribution in [1.29, 1.82) is 0 Å². The number of thiocarbonyl (C=S) groups is 1. The van der Waals surface area contributed by atoms with Gasteiger partial charge in [0.2, 0.25) is 5.91 Å². The summed E-state index contributed by atoms with van der Waals surface area (Å²) in [5, 5.41) is 8.65. The number of carbonyl (C=O) groups excluding carboxylic acids is 2. The van der Waals surface area contributed by atoms with Crippen LogP contribution < -0.4 is 16.0 Å². The van der Waals surface area contributed by atoms with E-state index in [4.69, 9.17) is 12.2 Å². The minimum absolute atomic E-state index is 0.133. The highest BCUT2D eigenvalue weighted by Crippen LogP contribution is 2.25. The lowest BCUT2D eigenvalue weighted by molar-refractivity contribution is -0.120. The van der Waals surface area contributed by atoms with Gasteiger partial charge in [0, 0.05) is 6.54 Å². The third-order valence-corrected chi connectivity index (χ3v) is 4.73. The SMILES string of the molecule is CCNC(=O)c1ccccc1NC(=S)NC(=O)C(c1ccccc1)c1ccccc1. The molecule has 3 aromatic rings. The van der Waals surface area contributed by atoms with E-state index in [-0.39, 0.29) is 16.9 Å². The van der Waals surface area contributed by atoms with Gasteiger partial charge in [0.05, 0.1) is 17.2 Å². The molecule has 0 atom stereocenters. The number of nitrogens with one attached hydrogen (secondary N) is 3. The first-order chi connectivity index (χ1) is 14.6. The number of anilines is 1. The minimum Gasteiger partial charge on any atom is -0.352 e. The van der Waals surface area contributed by atoms with Crippen molar-refractivity contribution >= 4 is 34.8 Å². The number of amides is 2. The fourth-order valence-electron chi connectivity index (χ4n) is 3.17. The lowest BCUT2D eigenvalue weighted by atomic mass is 9.90. The van der Waals surface area contributed by atoms with Crippen molar-refractivity contribution < 1.29 is 9.59 Å². The first-order valence-electron chi connectivity index (χ1n) is 9.69. The molecule has 0 unspecified atom stereocenters. The molecule has 152 valence electrons. The quantitative estimate of drug-likeness (QED) is 0.529. The second kappa shape index (κ2) is 10.3. The molecule has 0 aliphatic carbocycles. The molecule has 2 amide bonds. The maximum atomic E-state index is 13.1. The fourth-order valence-corrected chi connectivity index (χ4v) is 3.38. The number of hydrogen-bond donors (Lipinski definition) is 3. The lowest BCUT2D eigenvalue weighted by Crippen LogP contribution is -2.38. The molecular formula is C24H23N3O2S. The van der Waals surface area contributed by atoms with Crippen LogP contribution in [-0.4, -0.2) is 23.5 Å². The molecule has 0 fully saturated rings. The van der Waals surface area contributed by atoms with Crippen molar-refractivity contribution in [2.24, 2.45) is 0 Å². The third-order valence-electron chi connectivity index (χ3n) is 4.52. The van der Waals surface area contributed by atoms with E-state index in [9.17, 15) is 9.59 Å². The zero-order chi connectivity index (χ0) is 21.3. The Morgan fingerprint density at radius 3 is 1.93 bits per heavy atom. The maximum absolute atomic E-state index is 13.1. The van der Waals surface area contributed by atoms with Crippen molar-refractivity contribution in [3.05, 3.63) is 102 Å². The summed E-state index contributed by atoms with van der Waals surface area (Å²) in [6.07, 6.45) is 0. The first kappa shape index (κ1) is 21.2. The molecule has 0 saturated carbocycles. The van der Waals surface area contributed by atoms with Gasteiger partial charge in [0.15, 0.2) is 5.11 Å². The van der Waals surface area contributed by atoms with E-state index >= 15 is 0 Å². The molecular weight excluding hydrogens is 394 g/mol. The van der Waals surface area contributed by atoms with Crippen LogP contribution in [-0.2, 0) is 4.79 Å². The highest BCUT2D eigenvalue weighted by Gasteiger charge is 2.23. The van der Waals surface area contributed by atoms with Crippen molar-refractivity contribution in [1.82, 2.24) is 10.6 Å². The van der Waals surface area contributed by atoms with E-state index in [0.29, 0.717) is 17.8 Å². The molecule has 3 aromatic carbocycles. The van der Waals surface area contributed by atoms with Gasteiger partial charge in [-0.05, 0) is 42.4 Å². The van der Waals surface area contributed by atoms with Crippen LogP contribution in [0.2, 0.25) is 0 Å². The van der Waals surface area contributed by atoms with Gasteiger partial charge in [-0.1, -0.05) is 72.8 Å². The zero-order valence-corrected chi connectivity index (χ0v) is 17.4. The summed E-state index contributed by atoms with van der Waals surface area (Å²) in [7, 11) is 0. The van der Waals surface area contributed by atoms with Gasteiger partial charge in [-0.15, -0.1) is 0 Å². The Balaban J connectivity index is 1.79. The van der Waals surface area contributed by atoms with Gasteiger partial charge in [0.1, 0.15) is 0 Å². The van der Waals surface area contributed by atoms with Crippen molar-refractivity contribution in [3.63, 3.8) is 0 Å². The van der Waals surface area contributed by atoms with E-state index < -0.39 is 5.92 Å². The molecule has 0 saturated heterocycles. The van der Waals surface area contributed by atoms with Crippen molar-refractivity contribution in [3.8, 4) is 0 Å². The maximum Gasteiger partial charge on any atom is 0.253 e. The molecule has 0 heterocycles. The predicted molar refractivity (Wildman–Crippen MR) is 124 cm³/mol. The van der Waals surface area contributed by atoms with Gasteiger partial charge in [-0.25, -0.2) is 0 Å². The normalized spacial score (nSPS) is 10.3. The number of rotatable bonds is 6.